The highest BCUT2D eigenvalue weighted by atomic mass is 16.4. The Morgan fingerprint density at radius 2 is 2.00 bits per heavy atom. The summed E-state index contributed by atoms with van der Waals surface area (Å²) < 4.78 is 0. The predicted molar refractivity (Wildman–Crippen MR) is 78.2 cm³/mol. The average Bonchev–Trinajstić information content (AvgIpc) is 2.69. The molecule has 0 spiro atoms. The second-order valence-corrected chi connectivity index (χ2v) is 5.55. The van der Waals surface area contributed by atoms with Crippen LogP contribution < -0.4 is 5.32 Å². The minimum Gasteiger partial charge on any atom is -0.508 e. The van der Waals surface area contributed by atoms with Crippen LogP contribution in [0.2, 0.25) is 0 Å². The van der Waals surface area contributed by atoms with Crippen LogP contribution in [0.3, 0.4) is 0 Å². The fourth-order valence-corrected chi connectivity index (χ4v) is 2.61. The number of benzene rings is 1. The van der Waals surface area contributed by atoms with Gasteiger partial charge < -0.3 is 20.2 Å². The van der Waals surface area contributed by atoms with Crippen LogP contribution in [0.25, 0.3) is 0 Å². The molecular formula is C15H20N2O5. The summed E-state index contributed by atoms with van der Waals surface area (Å²) in [6.07, 6.45) is -0.476. The molecule has 3 atom stereocenters. The van der Waals surface area contributed by atoms with E-state index in [1.165, 1.54) is 17.0 Å². The molecule has 2 rings (SSSR count). The number of phenols is 1. The molecule has 7 nitrogen and oxygen atoms in total. The molecule has 0 radical (unpaired) electrons. The number of carboxylic acids is 1. The highest BCUT2D eigenvalue weighted by Gasteiger charge is 2.39. The Bertz CT molecular complexity index is 543. The van der Waals surface area contributed by atoms with Gasteiger partial charge in [0.25, 0.3) is 0 Å². The lowest BCUT2D eigenvalue weighted by Gasteiger charge is -2.23. The molecule has 1 aliphatic heterocycles. The van der Waals surface area contributed by atoms with Crippen LogP contribution >= 0.6 is 0 Å². The summed E-state index contributed by atoms with van der Waals surface area (Å²) in [4.78, 5) is 24.5. The standard InChI is InChI=1S/C15H20N2O5/c1-9(18)6-13-16-12(15(22)17(13)8-14(20)21)7-10-2-4-11(19)5-3-10/h2-5,9,12-13,16,18-19H,6-8H2,1H3,(H,20,21). The molecule has 7 heteroatoms. The molecule has 1 saturated heterocycles. The molecule has 1 aromatic carbocycles. The summed E-state index contributed by atoms with van der Waals surface area (Å²) in [5.74, 6) is -1.23. The van der Waals surface area contributed by atoms with E-state index in [2.05, 4.69) is 5.32 Å². The first-order valence-corrected chi connectivity index (χ1v) is 7.11. The van der Waals surface area contributed by atoms with Crippen molar-refractivity contribution in [3.8, 4) is 5.75 Å². The third-order valence-electron chi connectivity index (χ3n) is 3.60. The maximum absolute atomic E-state index is 12.4. The third-order valence-corrected chi connectivity index (χ3v) is 3.60. The van der Waals surface area contributed by atoms with E-state index in [0.717, 1.165) is 5.56 Å². The van der Waals surface area contributed by atoms with Crippen molar-refractivity contribution in [2.75, 3.05) is 6.54 Å². The Balaban J connectivity index is 2.10. The number of nitrogens with zero attached hydrogens (tertiary/aromatic N) is 1. The molecular weight excluding hydrogens is 288 g/mol. The van der Waals surface area contributed by atoms with Gasteiger partial charge in [0.2, 0.25) is 5.91 Å². The van der Waals surface area contributed by atoms with Gasteiger partial charge in [-0.15, -0.1) is 0 Å². The molecule has 1 fully saturated rings. The monoisotopic (exact) mass is 308 g/mol. The average molecular weight is 308 g/mol. The number of carbonyl (C=O) groups is 2. The van der Waals surface area contributed by atoms with Crippen LogP contribution in [0.15, 0.2) is 24.3 Å². The number of phenolic OH excluding ortho intramolecular Hbond substituents is 1. The normalized spacial score (nSPS) is 22.8. The van der Waals surface area contributed by atoms with Crippen molar-refractivity contribution in [1.82, 2.24) is 10.2 Å². The van der Waals surface area contributed by atoms with Crippen molar-refractivity contribution in [2.24, 2.45) is 0 Å². The molecule has 4 N–H and O–H groups in total. The van der Waals surface area contributed by atoms with E-state index in [1.807, 2.05) is 0 Å². The predicted octanol–water partition coefficient (Wildman–Crippen LogP) is -0.0833. The molecule has 120 valence electrons. The topological polar surface area (TPSA) is 110 Å². The first kappa shape index (κ1) is 16.3. The SMILES string of the molecule is CC(O)CC1NC(Cc2ccc(O)cc2)C(=O)N1CC(=O)O. The minimum absolute atomic E-state index is 0.147. The van der Waals surface area contributed by atoms with Gasteiger partial charge in [-0.1, -0.05) is 12.1 Å². The molecule has 22 heavy (non-hydrogen) atoms. The van der Waals surface area contributed by atoms with E-state index in [-0.39, 0.29) is 18.1 Å². The highest BCUT2D eigenvalue weighted by molar-refractivity contribution is 5.87. The molecule has 0 aliphatic carbocycles. The van der Waals surface area contributed by atoms with Crippen LogP contribution in [-0.4, -0.2) is 57.0 Å². The number of aliphatic hydroxyl groups excluding tert-OH is 1. The van der Waals surface area contributed by atoms with Crippen LogP contribution in [-0.2, 0) is 16.0 Å². The second-order valence-electron chi connectivity index (χ2n) is 5.55. The lowest BCUT2D eigenvalue weighted by Crippen LogP contribution is -2.42. The molecule has 1 aliphatic rings. The van der Waals surface area contributed by atoms with Crippen molar-refractivity contribution in [3.63, 3.8) is 0 Å². The zero-order valence-electron chi connectivity index (χ0n) is 12.3. The molecule has 0 saturated carbocycles. The Morgan fingerprint density at radius 1 is 1.36 bits per heavy atom. The number of hydrogen-bond donors (Lipinski definition) is 4. The lowest BCUT2D eigenvalue weighted by atomic mass is 10.1. The van der Waals surface area contributed by atoms with Crippen LogP contribution in [0.1, 0.15) is 18.9 Å². The third kappa shape index (κ3) is 3.96. The van der Waals surface area contributed by atoms with Crippen molar-refractivity contribution < 1.29 is 24.9 Å². The number of rotatable bonds is 6. The number of hydrogen-bond acceptors (Lipinski definition) is 5. The van der Waals surface area contributed by atoms with Gasteiger partial charge in [-0.2, -0.15) is 0 Å². The van der Waals surface area contributed by atoms with Gasteiger partial charge in [-0.05, 0) is 31.0 Å². The van der Waals surface area contributed by atoms with E-state index < -0.39 is 30.8 Å². The molecule has 3 unspecified atom stereocenters. The highest BCUT2D eigenvalue weighted by Crippen LogP contribution is 2.19. The molecule has 0 bridgehead atoms. The molecule has 0 aromatic heterocycles. The fourth-order valence-electron chi connectivity index (χ4n) is 2.61. The van der Waals surface area contributed by atoms with Gasteiger partial charge in [0.05, 0.1) is 18.3 Å². The maximum Gasteiger partial charge on any atom is 0.323 e. The number of aliphatic carboxylic acids is 1. The Kier molecular flexibility index (Phi) is 4.99. The van der Waals surface area contributed by atoms with Crippen molar-refractivity contribution >= 4 is 11.9 Å². The zero-order chi connectivity index (χ0) is 16.3. The second kappa shape index (κ2) is 6.76. The first-order valence-electron chi connectivity index (χ1n) is 7.11. The molecule has 1 amide bonds. The van der Waals surface area contributed by atoms with Gasteiger partial charge >= 0.3 is 5.97 Å². The maximum atomic E-state index is 12.4. The fraction of sp³-hybridized carbons (Fsp3) is 0.467. The van der Waals surface area contributed by atoms with E-state index in [9.17, 15) is 19.8 Å². The molecule has 1 heterocycles. The number of amides is 1. The Morgan fingerprint density at radius 3 is 2.55 bits per heavy atom. The van der Waals surface area contributed by atoms with Crippen molar-refractivity contribution in [3.05, 3.63) is 29.8 Å². The number of carboxylic acid groups (broad SMARTS) is 1. The van der Waals surface area contributed by atoms with Gasteiger partial charge in [0.15, 0.2) is 0 Å². The number of carbonyl (C=O) groups excluding carboxylic acids is 1. The van der Waals surface area contributed by atoms with E-state index >= 15 is 0 Å². The van der Waals surface area contributed by atoms with Gasteiger partial charge in [0.1, 0.15) is 12.3 Å². The van der Waals surface area contributed by atoms with Crippen LogP contribution in [0.4, 0.5) is 0 Å². The lowest BCUT2D eigenvalue weighted by molar-refractivity contribution is -0.144. The van der Waals surface area contributed by atoms with Gasteiger partial charge in [-0.3, -0.25) is 14.9 Å². The first-order chi connectivity index (χ1) is 10.4. The Labute approximate surface area is 128 Å². The Hall–Kier alpha value is -2.12. The number of aromatic hydroxyl groups is 1. The van der Waals surface area contributed by atoms with Crippen molar-refractivity contribution in [1.29, 1.82) is 0 Å². The van der Waals surface area contributed by atoms with Gasteiger partial charge in [-0.25, -0.2) is 0 Å². The minimum atomic E-state index is -1.09. The summed E-state index contributed by atoms with van der Waals surface area (Å²) in [7, 11) is 0. The summed E-state index contributed by atoms with van der Waals surface area (Å²) in [6, 6.07) is 5.98. The summed E-state index contributed by atoms with van der Waals surface area (Å²) in [5, 5.41) is 30.8. The summed E-state index contributed by atoms with van der Waals surface area (Å²) in [6.45, 7) is 1.20. The summed E-state index contributed by atoms with van der Waals surface area (Å²) >= 11 is 0. The number of nitrogens with one attached hydrogen (secondary N) is 1. The van der Waals surface area contributed by atoms with Crippen molar-refractivity contribution in [2.45, 2.75) is 38.1 Å². The zero-order valence-corrected chi connectivity index (χ0v) is 12.3. The van der Waals surface area contributed by atoms with E-state index in [4.69, 9.17) is 5.11 Å². The van der Waals surface area contributed by atoms with Gasteiger partial charge in [0, 0.05) is 6.42 Å². The van der Waals surface area contributed by atoms with E-state index in [1.54, 1.807) is 19.1 Å². The van der Waals surface area contributed by atoms with Crippen LogP contribution in [0, 0.1) is 0 Å². The largest absolute Gasteiger partial charge is 0.508 e. The van der Waals surface area contributed by atoms with E-state index in [0.29, 0.717) is 6.42 Å². The summed E-state index contributed by atoms with van der Waals surface area (Å²) in [5.41, 5.74) is 0.858. The number of aliphatic hydroxyl groups is 1. The molecule has 1 aromatic rings. The smallest absolute Gasteiger partial charge is 0.323 e. The quantitative estimate of drug-likeness (QED) is 0.585. The van der Waals surface area contributed by atoms with Crippen LogP contribution in [0.5, 0.6) is 5.75 Å².